The molecule has 0 radical (unpaired) electrons. The zero-order chi connectivity index (χ0) is 14.6. The SMILES string of the molecule is CC(C)(C)C1CCCN(Cc2ccc(CN)cc2)CC1. The van der Waals surface area contributed by atoms with Crippen LogP contribution in [0.1, 0.15) is 51.2 Å². The van der Waals surface area contributed by atoms with E-state index in [4.69, 9.17) is 5.73 Å². The lowest BCUT2D eigenvalue weighted by Gasteiger charge is -2.29. The summed E-state index contributed by atoms with van der Waals surface area (Å²) in [5.74, 6) is 0.868. The van der Waals surface area contributed by atoms with Gasteiger partial charge in [0.05, 0.1) is 0 Å². The molecular weight excluding hydrogens is 244 g/mol. The Morgan fingerprint density at radius 1 is 1.05 bits per heavy atom. The minimum atomic E-state index is 0.457. The maximum absolute atomic E-state index is 5.65. The van der Waals surface area contributed by atoms with Gasteiger partial charge in [-0.05, 0) is 54.8 Å². The van der Waals surface area contributed by atoms with Gasteiger partial charge < -0.3 is 5.73 Å². The molecule has 2 rings (SSSR count). The third-order valence-electron chi connectivity index (χ3n) is 4.71. The minimum absolute atomic E-state index is 0.457. The predicted molar refractivity (Wildman–Crippen MR) is 86.4 cm³/mol. The molecule has 2 nitrogen and oxygen atoms in total. The Kier molecular flexibility index (Phi) is 5.22. The molecule has 20 heavy (non-hydrogen) atoms. The summed E-state index contributed by atoms with van der Waals surface area (Å²) in [5.41, 5.74) is 8.74. The maximum atomic E-state index is 5.65. The van der Waals surface area contributed by atoms with E-state index in [0.29, 0.717) is 12.0 Å². The highest BCUT2D eigenvalue weighted by molar-refractivity contribution is 5.22. The second kappa shape index (κ2) is 6.73. The van der Waals surface area contributed by atoms with Crippen molar-refractivity contribution in [1.29, 1.82) is 0 Å². The van der Waals surface area contributed by atoms with Crippen molar-refractivity contribution in [3.8, 4) is 0 Å². The summed E-state index contributed by atoms with van der Waals surface area (Å²) in [5, 5.41) is 0. The van der Waals surface area contributed by atoms with Gasteiger partial charge in [0, 0.05) is 13.1 Å². The van der Waals surface area contributed by atoms with E-state index in [0.717, 1.165) is 12.5 Å². The normalized spacial score (nSPS) is 21.7. The van der Waals surface area contributed by atoms with E-state index in [1.54, 1.807) is 0 Å². The Morgan fingerprint density at radius 3 is 2.30 bits per heavy atom. The van der Waals surface area contributed by atoms with E-state index in [1.807, 2.05) is 0 Å². The summed E-state index contributed by atoms with van der Waals surface area (Å²) in [6, 6.07) is 8.78. The molecule has 1 unspecified atom stereocenters. The van der Waals surface area contributed by atoms with Gasteiger partial charge in [-0.15, -0.1) is 0 Å². The number of nitrogens with zero attached hydrogens (tertiary/aromatic N) is 1. The lowest BCUT2D eigenvalue weighted by Crippen LogP contribution is -2.26. The first kappa shape index (κ1) is 15.5. The molecule has 2 heteroatoms. The van der Waals surface area contributed by atoms with Crippen LogP contribution in [0.15, 0.2) is 24.3 Å². The molecule has 1 aromatic carbocycles. The Bertz CT molecular complexity index is 402. The molecule has 1 aliphatic rings. The van der Waals surface area contributed by atoms with Gasteiger partial charge >= 0.3 is 0 Å². The van der Waals surface area contributed by atoms with Gasteiger partial charge in [0.1, 0.15) is 0 Å². The summed E-state index contributed by atoms with van der Waals surface area (Å²) >= 11 is 0. The summed E-state index contributed by atoms with van der Waals surface area (Å²) in [7, 11) is 0. The first-order chi connectivity index (χ1) is 9.49. The van der Waals surface area contributed by atoms with Crippen molar-refractivity contribution in [3.63, 3.8) is 0 Å². The van der Waals surface area contributed by atoms with Gasteiger partial charge in [0.25, 0.3) is 0 Å². The van der Waals surface area contributed by atoms with Crippen LogP contribution in [-0.4, -0.2) is 18.0 Å². The van der Waals surface area contributed by atoms with E-state index >= 15 is 0 Å². The van der Waals surface area contributed by atoms with Crippen molar-refractivity contribution < 1.29 is 0 Å². The fourth-order valence-corrected chi connectivity index (χ4v) is 3.22. The summed E-state index contributed by atoms with van der Waals surface area (Å²) in [6.07, 6.45) is 4.05. The fraction of sp³-hybridized carbons (Fsp3) is 0.667. The maximum Gasteiger partial charge on any atom is 0.0233 e. The van der Waals surface area contributed by atoms with Crippen LogP contribution in [-0.2, 0) is 13.1 Å². The Balaban J connectivity index is 1.90. The number of hydrogen-bond acceptors (Lipinski definition) is 2. The van der Waals surface area contributed by atoms with Gasteiger partial charge in [-0.3, -0.25) is 4.90 Å². The van der Waals surface area contributed by atoms with Crippen molar-refractivity contribution in [2.24, 2.45) is 17.1 Å². The highest BCUT2D eigenvalue weighted by Gasteiger charge is 2.26. The number of hydrogen-bond donors (Lipinski definition) is 1. The Labute approximate surface area is 124 Å². The molecule has 2 N–H and O–H groups in total. The average molecular weight is 274 g/mol. The molecule has 1 saturated heterocycles. The third kappa shape index (κ3) is 4.32. The largest absolute Gasteiger partial charge is 0.326 e. The van der Waals surface area contributed by atoms with Gasteiger partial charge in [-0.25, -0.2) is 0 Å². The quantitative estimate of drug-likeness (QED) is 0.908. The van der Waals surface area contributed by atoms with Crippen LogP contribution in [0.25, 0.3) is 0 Å². The molecule has 0 bridgehead atoms. The van der Waals surface area contributed by atoms with Crippen LogP contribution in [0.3, 0.4) is 0 Å². The molecule has 0 amide bonds. The topological polar surface area (TPSA) is 29.3 Å². The predicted octanol–water partition coefficient (Wildman–Crippen LogP) is 3.79. The smallest absolute Gasteiger partial charge is 0.0233 e. The van der Waals surface area contributed by atoms with E-state index in [-0.39, 0.29) is 0 Å². The fourth-order valence-electron chi connectivity index (χ4n) is 3.22. The molecule has 112 valence electrons. The second-order valence-corrected chi connectivity index (χ2v) is 7.29. The lowest BCUT2D eigenvalue weighted by atomic mass is 9.77. The highest BCUT2D eigenvalue weighted by Crippen LogP contribution is 2.34. The number of benzene rings is 1. The van der Waals surface area contributed by atoms with Crippen molar-refractivity contribution >= 4 is 0 Å². The van der Waals surface area contributed by atoms with E-state index < -0.39 is 0 Å². The van der Waals surface area contributed by atoms with E-state index in [1.165, 1.54) is 43.5 Å². The van der Waals surface area contributed by atoms with Crippen molar-refractivity contribution in [3.05, 3.63) is 35.4 Å². The summed E-state index contributed by atoms with van der Waals surface area (Å²) in [6.45, 7) is 11.4. The molecule has 0 aromatic heterocycles. The monoisotopic (exact) mass is 274 g/mol. The van der Waals surface area contributed by atoms with Crippen LogP contribution in [0.5, 0.6) is 0 Å². The van der Waals surface area contributed by atoms with Gasteiger partial charge in [-0.2, -0.15) is 0 Å². The number of nitrogens with two attached hydrogens (primary N) is 1. The molecule has 1 aromatic rings. The molecule has 0 aliphatic carbocycles. The Hall–Kier alpha value is -0.860. The van der Waals surface area contributed by atoms with Crippen LogP contribution in [0, 0.1) is 11.3 Å². The molecule has 1 atom stereocenters. The first-order valence-electron chi connectivity index (χ1n) is 7.99. The van der Waals surface area contributed by atoms with Crippen LogP contribution in [0.2, 0.25) is 0 Å². The molecule has 1 heterocycles. The van der Waals surface area contributed by atoms with Crippen LogP contribution >= 0.6 is 0 Å². The zero-order valence-corrected chi connectivity index (χ0v) is 13.4. The summed E-state index contributed by atoms with van der Waals surface area (Å²) < 4.78 is 0. The molecule has 0 saturated carbocycles. The third-order valence-corrected chi connectivity index (χ3v) is 4.71. The highest BCUT2D eigenvalue weighted by atomic mass is 15.1. The molecular formula is C18H30N2. The molecule has 1 fully saturated rings. The van der Waals surface area contributed by atoms with Gasteiger partial charge in [0.2, 0.25) is 0 Å². The standard InChI is InChI=1S/C18H30N2/c1-18(2,3)17-5-4-11-20(12-10-17)14-16-8-6-15(13-19)7-9-16/h6-9,17H,4-5,10-14,19H2,1-3H3. The van der Waals surface area contributed by atoms with Crippen molar-refractivity contribution in [2.45, 2.75) is 53.1 Å². The number of likely N-dealkylation sites (tertiary alicyclic amines) is 1. The van der Waals surface area contributed by atoms with Gasteiger partial charge in [-0.1, -0.05) is 45.0 Å². The van der Waals surface area contributed by atoms with Crippen molar-refractivity contribution in [2.75, 3.05) is 13.1 Å². The Morgan fingerprint density at radius 2 is 1.70 bits per heavy atom. The van der Waals surface area contributed by atoms with E-state index in [9.17, 15) is 0 Å². The minimum Gasteiger partial charge on any atom is -0.326 e. The second-order valence-electron chi connectivity index (χ2n) is 7.29. The molecule has 1 aliphatic heterocycles. The van der Waals surface area contributed by atoms with E-state index in [2.05, 4.69) is 49.9 Å². The summed E-state index contributed by atoms with van der Waals surface area (Å²) in [4.78, 5) is 2.61. The zero-order valence-electron chi connectivity index (χ0n) is 13.4. The molecule has 0 spiro atoms. The first-order valence-corrected chi connectivity index (χ1v) is 7.99. The number of rotatable bonds is 3. The lowest BCUT2D eigenvalue weighted by molar-refractivity contribution is 0.206. The average Bonchev–Trinajstić information content (AvgIpc) is 2.65. The van der Waals surface area contributed by atoms with Crippen molar-refractivity contribution in [1.82, 2.24) is 4.90 Å². The van der Waals surface area contributed by atoms with Crippen LogP contribution < -0.4 is 5.73 Å². The van der Waals surface area contributed by atoms with Crippen LogP contribution in [0.4, 0.5) is 0 Å². The van der Waals surface area contributed by atoms with Gasteiger partial charge in [0.15, 0.2) is 0 Å².